The Kier molecular flexibility index (Phi) is 5.82. The Balaban J connectivity index is 1.56. The van der Waals surface area contributed by atoms with Gasteiger partial charge in [0.1, 0.15) is 23.4 Å². The molecular weight excluding hydrogens is 409 g/mol. The summed E-state index contributed by atoms with van der Waals surface area (Å²) in [5.41, 5.74) is 4.64. The van der Waals surface area contributed by atoms with Gasteiger partial charge in [-0.2, -0.15) is 5.10 Å². The number of benzene rings is 2. The zero-order valence-corrected chi connectivity index (χ0v) is 18.7. The van der Waals surface area contributed by atoms with Crippen LogP contribution in [0.5, 0.6) is 5.75 Å². The number of carbonyl (C=O) groups is 2. The minimum atomic E-state index is -0.411. The van der Waals surface area contributed by atoms with Crippen LogP contribution < -0.4 is 10.1 Å². The van der Waals surface area contributed by atoms with E-state index in [4.69, 9.17) is 4.74 Å². The molecule has 1 aliphatic heterocycles. The van der Waals surface area contributed by atoms with E-state index in [-0.39, 0.29) is 17.8 Å². The first-order valence-corrected chi connectivity index (χ1v) is 10.7. The quantitative estimate of drug-likeness (QED) is 0.587. The Morgan fingerprint density at radius 3 is 2.69 bits per heavy atom. The maximum atomic E-state index is 14.7. The topological polar surface area (TPSA) is 73.2 Å². The van der Waals surface area contributed by atoms with E-state index in [9.17, 15) is 14.0 Å². The number of halogens is 1. The van der Waals surface area contributed by atoms with Crippen molar-refractivity contribution in [3.63, 3.8) is 0 Å². The summed E-state index contributed by atoms with van der Waals surface area (Å²) in [6.45, 7) is 8.11. The molecule has 1 N–H and O–H groups in total. The second kappa shape index (κ2) is 8.57. The van der Waals surface area contributed by atoms with Crippen LogP contribution in [0.1, 0.15) is 51.5 Å². The molecule has 0 saturated heterocycles. The SMILES string of the molecule is CCn1nc(C)cc1C(=O)NCC1Cc2cc(C)cc(-c3cc(C(C)=O)ccc3F)c2O1. The molecule has 166 valence electrons. The van der Waals surface area contributed by atoms with Gasteiger partial charge in [-0.15, -0.1) is 0 Å². The predicted octanol–water partition coefficient (Wildman–Crippen LogP) is 4.26. The number of ketones is 1. The van der Waals surface area contributed by atoms with Gasteiger partial charge in [0, 0.05) is 29.7 Å². The predicted molar refractivity (Wildman–Crippen MR) is 120 cm³/mol. The minimum Gasteiger partial charge on any atom is -0.487 e. The number of amides is 1. The smallest absolute Gasteiger partial charge is 0.269 e. The van der Waals surface area contributed by atoms with Gasteiger partial charge in [0.15, 0.2) is 5.78 Å². The molecule has 2 aromatic carbocycles. The number of Topliss-reactive ketones (excluding diaryl/α,β-unsaturated/α-hetero) is 1. The van der Waals surface area contributed by atoms with Crippen molar-refractivity contribution in [2.75, 3.05) is 6.54 Å². The number of nitrogens with zero attached hydrogens (tertiary/aromatic N) is 2. The summed E-state index contributed by atoms with van der Waals surface area (Å²) in [6, 6.07) is 10.0. The third kappa shape index (κ3) is 4.15. The molecule has 1 aliphatic rings. The van der Waals surface area contributed by atoms with E-state index in [1.807, 2.05) is 32.9 Å². The molecule has 1 aromatic heterocycles. The van der Waals surface area contributed by atoms with Crippen LogP contribution in [0, 0.1) is 19.7 Å². The lowest BCUT2D eigenvalue weighted by molar-refractivity contribution is 0.0922. The standard InChI is InChI=1S/C25H26FN3O3/c1-5-29-23(10-15(3)28-29)25(31)27-13-19-11-18-8-14(2)9-21(24(18)32-19)20-12-17(16(4)30)6-7-22(20)26/h6-10,12,19H,5,11,13H2,1-4H3,(H,27,31). The summed E-state index contributed by atoms with van der Waals surface area (Å²) in [6.07, 6.45) is 0.331. The number of carbonyl (C=O) groups excluding carboxylic acids is 2. The molecule has 0 spiro atoms. The second-order valence-corrected chi connectivity index (χ2v) is 8.19. The van der Waals surface area contributed by atoms with Crippen LogP contribution in [0.4, 0.5) is 4.39 Å². The van der Waals surface area contributed by atoms with Crippen LogP contribution in [-0.2, 0) is 13.0 Å². The second-order valence-electron chi connectivity index (χ2n) is 8.19. The molecule has 32 heavy (non-hydrogen) atoms. The summed E-state index contributed by atoms with van der Waals surface area (Å²) in [5.74, 6) is -0.141. The van der Waals surface area contributed by atoms with Crippen molar-refractivity contribution < 1.29 is 18.7 Å². The Morgan fingerprint density at radius 2 is 1.97 bits per heavy atom. The molecule has 7 heteroatoms. The van der Waals surface area contributed by atoms with Crippen LogP contribution in [0.3, 0.4) is 0 Å². The van der Waals surface area contributed by atoms with E-state index in [2.05, 4.69) is 10.4 Å². The first-order valence-electron chi connectivity index (χ1n) is 10.7. The summed E-state index contributed by atoms with van der Waals surface area (Å²) in [4.78, 5) is 24.5. The van der Waals surface area contributed by atoms with E-state index < -0.39 is 5.82 Å². The Hall–Kier alpha value is -3.48. The van der Waals surface area contributed by atoms with E-state index >= 15 is 0 Å². The third-order valence-corrected chi connectivity index (χ3v) is 5.63. The first-order chi connectivity index (χ1) is 15.3. The molecule has 2 heterocycles. The lowest BCUT2D eigenvalue weighted by Gasteiger charge is -2.15. The van der Waals surface area contributed by atoms with Gasteiger partial charge in [-0.1, -0.05) is 6.07 Å². The van der Waals surface area contributed by atoms with Gasteiger partial charge in [0.2, 0.25) is 0 Å². The average molecular weight is 435 g/mol. The normalized spacial score (nSPS) is 14.7. The van der Waals surface area contributed by atoms with Gasteiger partial charge < -0.3 is 10.1 Å². The summed E-state index contributed by atoms with van der Waals surface area (Å²) in [5, 5.41) is 7.24. The van der Waals surface area contributed by atoms with Crippen LogP contribution in [-0.4, -0.2) is 34.1 Å². The molecule has 4 rings (SSSR count). The Labute approximate surface area is 186 Å². The van der Waals surface area contributed by atoms with Crippen LogP contribution >= 0.6 is 0 Å². The molecule has 6 nitrogen and oxygen atoms in total. The first kappa shape index (κ1) is 21.7. The fourth-order valence-electron chi connectivity index (χ4n) is 4.12. The largest absolute Gasteiger partial charge is 0.487 e. The van der Waals surface area contributed by atoms with Crippen molar-refractivity contribution in [2.24, 2.45) is 0 Å². The Morgan fingerprint density at radius 1 is 1.19 bits per heavy atom. The van der Waals surface area contributed by atoms with Crippen molar-refractivity contribution in [2.45, 2.75) is 46.8 Å². The maximum Gasteiger partial charge on any atom is 0.269 e. The van der Waals surface area contributed by atoms with Gasteiger partial charge in [-0.3, -0.25) is 14.3 Å². The number of aryl methyl sites for hydroxylation is 3. The van der Waals surface area contributed by atoms with Gasteiger partial charge in [-0.05, 0) is 69.2 Å². The van der Waals surface area contributed by atoms with Crippen LogP contribution in [0.15, 0.2) is 36.4 Å². The molecule has 0 radical (unpaired) electrons. The lowest BCUT2D eigenvalue weighted by Crippen LogP contribution is -2.35. The fraction of sp³-hybridized carbons (Fsp3) is 0.320. The molecule has 0 saturated carbocycles. The van der Waals surface area contributed by atoms with E-state index in [1.165, 1.54) is 19.1 Å². The van der Waals surface area contributed by atoms with Gasteiger partial charge in [-0.25, -0.2) is 4.39 Å². The number of ether oxygens (including phenoxy) is 1. The fourth-order valence-corrected chi connectivity index (χ4v) is 4.12. The van der Waals surface area contributed by atoms with E-state index in [0.29, 0.717) is 47.6 Å². The summed E-state index contributed by atoms with van der Waals surface area (Å²) >= 11 is 0. The van der Waals surface area contributed by atoms with E-state index in [0.717, 1.165) is 16.8 Å². The molecule has 0 fully saturated rings. The van der Waals surface area contributed by atoms with Crippen molar-refractivity contribution in [1.29, 1.82) is 0 Å². The highest BCUT2D eigenvalue weighted by Crippen LogP contribution is 2.41. The number of fused-ring (bicyclic) bond motifs is 1. The number of aromatic nitrogens is 2. The lowest BCUT2D eigenvalue weighted by atomic mass is 9.95. The van der Waals surface area contributed by atoms with Crippen LogP contribution in [0.25, 0.3) is 11.1 Å². The van der Waals surface area contributed by atoms with Crippen molar-refractivity contribution in [3.05, 3.63) is 70.3 Å². The van der Waals surface area contributed by atoms with Gasteiger partial charge >= 0.3 is 0 Å². The summed E-state index contributed by atoms with van der Waals surface area (Å²) < 4.78 is 22.5. The molecular formula is C25H26FN3O3. The molecule has 0 bridgehead atoms. The minimum absolute atomic E-state index is 0.126. The number of hydrogen-bond acceptors (Lipinski definition) is 4. The van der Waals surface area contributed by atoms with E-state index in [1.54, 1.807) is 16.8 Å². The molecule has 1 amide bonds. The van der Waals surface area contributed by atoms with Gasteiger partial charge in [0.05, 0.1) is 12.2 Å². The van der Waals surface area contributed by atoms with Crippen molar-refractivity contribution in [3.8, 4) is 16.9 Å². The number of hydrogen-bond donors (Lipinski definition) is 1. The molecule has 1 atom stereocenters. The molecule has 3 aromatic rings. The van der Waals surface area contributed by atoms with Crippen molar-refractivity contribution in [1.82, 2.24) is 15.1 Å². The third-order valence-electron chi connectivity index (χ3n) is 5.63. The highest BCUT2D eigenvalue weighted by atomic mass is 19.1. The highest BCUT2D eigenvalue weighted by molar-refractivity contribution is 5.95. The maximum absolute atomic E-state index is 14.7. The Bertz CT molecular complexity index is 1220. The highest BCUT2D eigenvalue weighted by Gasteiger charge is 2.28. The average Bonchev–Trinajstić information content (AvgIpc) is 3.34. The zero-order chi connectivity index (χ0) is 23.0. The number of nitrogens with one attached hydrogen (secondary N) is 1. The number of rotatable bonds is 6. The van der Waals surface area contributed by atoms with Crippen LogP contribution in [0.2, 0.25) is 0 Å². The zero-order valence-electron chi connectivity index (χ0n) is 18.7. The summed E-state index contributed by atoms with van der Waals surface area (Å²) in [7, 11) is 0. The molecule has 1 unspecified atom stereocenters. The van der Waals surface area contributed by atoms with Gasteiger partial charge in [0.25, 0.3) is 5.91 Å². The van der Waals surface area contributed by atoms with Crippen molar-refractivity contribution >= 4 is 11.7 Å². The monoisotopic (exact) mass is 435 g/mol. The molecule has 0 aliphatic carbocycles.